The van der Waals surface area contributed by atoms with Crippen molar-refractivity contribution in [3.63, 3.8) is 0 Å². The second-order valence-corrected chi connectivity index (χ2v) is 3.86. The summed E-state index contributed by atoms with van der Waals surface area (Å²) in [5.41, 5.74) is 2.69. The lowest BCUT2D eigenvalue weighted by Gasteiger charge is -1.99. The monoisotopic (exact) mass is 203 g/mol. The molecule has 0 saturated heterocycles. The highest BCUT2D eigenvalue weighted by Gasteiger charge is 2.17. The van der Waals surface area contributed by atoms with E-state index in [1.165, 1.54) is 0 Å². The minimum atomic E-state index is -0.266. The SMILES string of the molecule is CC(=O)C(C)c1nc2cc(C)ccc2o1. The van der Waals surface area contributed by atoms with E-state index in [0.29, 0.717) is 5.89 Å². The maximum absolute atomic E-state index is 11.2. The summed E-state index contributed by atoms with van der Waals surface area (Å²) in [6.07, 6.45) is 0. The summed E-state index contributed by atoms with van der Waals surface area (Å²) in [5.74, 6) is 0.305. The van der Waals surface area contributed by atoms with Crippen LogP contribution in [0.1, 0.15) is 31.2 Å². The zero-order valence-corrected chi connectivity index (χ0v) is 9.07. The quantitative estimate of drug-likeness (QED) is 0.753. The molecule has 0 saturated carbocycles. The molecule has 3 heteroatoms. The molecule has 0 spiro atoms. The molecule has 0 aliphatic rings. The number of aromatic nitrogens is 1. The van der Waals surface area contributed by atoms with E-state index in [-0.39, 0.29) is 11.7 Å². The fourth-order valence-electron chi connectivity index (χ4n) is 1.41. The van der Waals surface area contributed by atoms with Gasteiger partial charge in [-0.05, 0) is 38.5 Å². The summed E-state index contributed by atoms with van der Waals surface area (Å²) in [6, 6.07) is 5.80. The first-order valence-electron chi connectivity index (χ1n) is 4.95. The Labute approximate surface area is 88.1 Å². The molecule has 1 aromatic heterocycles. The van der Waals surface area contributed by atoms with Crippen LogP contribution in [0.25, 0.3) is 11.1 Å². The van der Waals surface area contributed by atoms with Gasteiger partial charge in [-0.25, -0.2) is 4.98 Å². The minimum Gasteiger partial charge on any atom is -0.440 e. The molecule has 78 valence electrons. The number of aryl methyl sites for hydroxylation is 1. The van der Waals surface area contributed by atoms with Crippen LogP contribution in [-0.2, 0) is 4.79 Å². The molecule has 1 atom stereocenters. The lowest BCUT2D eigenvalue weighted by atomic mass is 10.1. The van der Waals surface area contributed by atoms with Crippen LogP contribution in [0.2, 0.25) is 0 Å². The number of benzene rings is 1. The van der Waals surface area contributed by atoms with Crippen LogP contribution in [0.4, 0.5) is 0 Å². The number of Topliss-reactive ketones (excluding diaryl/α,β-unsaturated/α-hetero) is 1. The topological polar surface area (TPSA) is 43.1 Å². The van der Waals surface area contributed by atoms with E-state index in [9.17, 15) is 4.79 Å². The third-order valence-electron chi connectivity index (χ3n) is 2.54. The highest BCUT2D eigenvalue weighted by atomic mass is 16.3. The summed E-state index contributed by atoms with van der Waals surface area (Å²) >= 11 is 0. The van der Waals surface area contributed by atoms with Crippen molar-refractivity contribution in [2.45, 2.75) is 26.7 Å². The standard InChI is InChI=1S/C12H13NO2/c1-7-4-5-11-10(6-7)13-12(15-11)8(2)9(3)14/h4-6,8H,1-3H3. The van der Waals surface area contributed by atoms with E-state index >= 15 is 0 Å². The Kier molecular flexibility index (Phi) is 2.31. The normalized spacial score (nSPS) is 13.0. The molecule has 2 rings (SSSR count). The zero-order chi connectivity index (χ0) is 11.0. The molecule has 1 heterocycles. The number of nitrogens with zero attached hydrogens (tertiary/aromatic N) is 1. The first-order valence-corrected chi connectivity index (χ1v) is 4.95. The molecule has 0 N–H and O–H groups in total. The molecule has 2 aromatic rings. The fraction of sp³-hybridized carbons (Fsp3) is 0.333. The Morgan fingerprint density at radius 1 is 1.47 bits per heavy atom. The number of rotatable bonds is 2. The zero-order valence-electron chi connectivity index (χ0n) is 9.07. The van der Waals surface area contributed by atoms with E-state index in [0.717, 1.165) is 16.7 Å². The van der Waals surface area contributed by atoms with Gasteiger partial charge in [-0.3, -0.25) is 4.79 Å². The van der Waals surface area contributed by atoms with Gasteiger partial charge >= 0.3 is 0 Å². The Balaban J connectivity index is 2.51. The van der Waals surface area contributed by atoms with Crippen molar-refractivity contribution in [3.05, 3.63) is 29.7 Å². The number of carbonyl (C=O) groups excluding carboxylic acids is 1. The Bertz CT molecular complexity index is 513. The molecule has 0 aliphatic carbocycles. The minimum absolute atomic E-state index is 0.0679. The van der Waals surface area contributed by atoms with Gasteiger partial charge in [0, 0.05) is 0 Å². The fourth-order valence-corrected chi connectivity index (χ4v) is 1.41. The third-order valence-corrected chi connectivity index (χ3v) is 2.54. The van der Waals surface area contributed by atoms with Crippen molar-refractivity contribution in [3.8, 4) is 0 Å². The smallest absolute Gasteiger partial charge is 0.205 e. The van der Waals surface area contributed by atoms with Crippen LogP contribution in [0.3, 0.4) is 0 Å². The number of hydrogen-bond donors (Lipinski definition) is 0. The number of carbonyl (C=O) groups is 1. The van der Waals surface area contributed by atoms with Crippen molar-refractivity contribution in [1.82, 2.24) is 4.98 Å². The second-order valence-electron chi connectivity index (χ2n) is 3.86. The average molecular weight is 203 g/mol. The van der Waals surface area contributed by atoms with Crippen LogP contribution in [0.5, 0.6) is 0 Å². The van der Waals surface area contributed by atoms with E-state index < -0.39 is 0 Å². The van der Waals surface area contributed by atoms with E-state index in [1.807, 2.05) is 25.1 Å². The van der Waals surface area contributed by atoms with Crippen LogP contribution in [0, 0.1) is 6.92 Å². The largest absolute Gasteiger partial charge is 0.440 e. The summed E-state index contributed by atoms with van der Waals surface area (Å²) in [5, 5.41) is 0. The maximum atomic E-state index is 11.2. The van der Waals surface area contributed by atoms with E-state index in [1.54, 1.807) is 13.8 Å². The third kappa shape index (κ3) is 1.77. The molecular formula is C12H13NO2. The summed E-state index contributed by atoms with van der Waals surface area (Å²) in [7, 11) is 0. The van der Waals surface area contributed by atoms with Crippen molar-refractivity contribution in [2.75, 3.05) is 0 Å². The Morgan fingerprint density at radius 3 is 2.87 bits per heavy atom. The van der Waals surface area contributed by atoms with Crippen LogP contribution in [-0.4, -0.2) is 10.8 Å². The van der Waals surface area contributed by atoms with E-state index in [4.69, 9.17) is 4.42 Å². The van der Waals surface area contributed by atoms with E-state index in [2.05, 4.69) is 4.98 Å². The molecule has 1 unspecified atom stereocenters. The number of oxazole rings is 1. The molecule has 0 radical (unpaired) electrons. The van der Waals surface area contributed by atoms with Crippen molar-refractivity contribution >= 4 is 16.9 Å². The van der Waals surface area contributed by atoms with Gasteiger partial charge in [0.15, 0.2) is 5.58 Å². The van der Waals surface area contributed by atoms with Crippen LogP contribution < -0.4 is 0 Å². The molecular weight excluding hydrogens is 190 g/mol. The van der Waals surface area contributed by atoms with Crippen LogP contribution >= 0.6 is 0 Å². The van der Waals surface area contributed by atoms with Gasteiger partial charge in [0.1, 0.15) is 11.3 Å². The molecule has 3 nitrogen and oxygen atoms in total. The number of fused-ring (bicyclic) bond motifs is 1. The first-order chi connectivity index (χ1) is 7.08. The van der Waals surface area contributed by atoms with Gasteiger partial charge in [-0.15, -0.1) is 0 Å². The number of hydrogen-bond acceptors (Lipinski definition) is 3. The predicted molar refractivity (Wildman–Crippen MR) is 57.8 cm³/mol. The summed E-state index contributed by atoms with van der Waals surface area (Å²) in [6.45, 7) is 5.35. The average Bonchev–Trinajstić information content (AvgIpc) is 2.58. The lowest BCUT2D eigenvalue weighted by molar-refractivity contribution is -0.118. The van der Waals surface area contributed by atoms with Crippen LogP contribution in [0.15, 0.2) is 22.6 Å². The number of ketones is 1. The molecule has 0 fully saturated rings. The second kappa shape index (κ2) is 3.50. The lowest BCUT2D eigenvalue weighted by Crippen LogP contribution is -2.03. The van der Waals surface area contributed by atoms with Crippen molar-refractivity contribution in [2.24, 2.45) is 0 Å². The van der Waals surface area contributed by atoms with Crippen molar-refractivity contribution < 1.29 is 9.21 Å². The van der Waals surface area contributed by atoms with Gasteiger partial charge in [0.05, 0.1) is 5.92 Å². The molecule has 0 bridgehead atoms. The highest BCUT2D eigenvalue weighted by molar-refractivity contribution is 5.83. The van der Waals surface area contributed by atoms with Crippen molar-refractivity contribution in [1.29, 1.82) is 0 Å². The summed E-state index contributed by atoms with van der Waals surface area (Å²) < 4.78 is 5.51. The van der Waals surface area contributed by atoms with Gasteiger partial charge < -0.3 is 4.42 Å². The summed E-state index contributed by atoms with van der Waals surface area (Å²) in [4.78, 5) is 15.5. The van der Waals surface area contributed by atoms with Gasteiger partial charge in [0.2, 0.25) is 5.89 Å². The predicted octanol–water partition coefficient (Wildman–Crippen LogP) is 2.83. The Morgan fingerprint density at radius 2 is 2.20 bits per heavy atom. The maximum Gasteiger partial charge on any atom is 0.205 e. The van der Waals surface area contributed by atoms with Gasteiger partial charge in [-0.1, -0.05) is 6.07 Å². The van der Waals surface area contributed by atoms with Gasteiger partial charge in [0.25, 0.3) is 0 Å². The molecule has 15 heavy (non-hydrogen) atoms. The first kappa shape index (κ1) is 9.90. The molecule has 0 amide bonds. The molecule has 0 aliphatic heterocycles. The molecule has 1 aromatic carbocycles. The highest BCUT2D eigenvalue weighted by Crippen LogP contribution is 2.22. The Hall–Kier alpha value is -1.64. The van der Waals surface area contributed by atoms with Gasteiger partial charge in [-0.2, -0.15) is 0 Å².